The van der Waals surface area contributed by atoms with E-state index in [1.54, 1.807) is 36.1 Å². The fourth-order valence-electron chi connectivity index (χ4n) is 2.82. The molecule has 6 heteroatoms. The summed E-state index contributed by atoms with van der Waals surface area (Å²) in [7, 11) is 0. The van der Waals surface area contributed by atoms with E-state index in [9.17, 15) is 9.59 Å². The molecule has 0 unspecified atom stereocenters. The monoisotopic (exact) mass is 416 g/mol. The summed E-state index contributed by atoms with van der Waals surface area (Å²) < 4.78 is 5.61. The Balaban J connectivity index is 2.08. The quantitative estimate of drug-likeness (QED) is 0.634. The maximum atomic E-state index is 12.9. The Morgan fingerprint density at radius 3 is 2.38 bits per heavy atom. The Labute approximate surface area is 178 Å². The Hall–Kier alpha value is -2.53. The number of benzene rings is 2. The van der Waals surface area contributed by atoms with Gasteiger partial charge in [0.2, 0.25) is 5.91 Å². The zero-order valence-electron chi connectivity index (χ0n) is 17.2. The van der Waals surface area contributed by atoms with Crippen LogP contribution in [-0.2, 0) is 16.0 Å². The maximum absolute atomic E-state index is 12.9. The minimum atomic E-state index is -0.602. The molecule has 0 spiro atoms. The van der Waals surface area contributed by atoms with Crippen LogP contribution in [-0.4, -0.2) is 41.9 Å². The van der Waals surface area contributed by atoms with Crippen molar-refractivity contribution in [1.82, 2.24) is 10.2 Å². The molecule has 156 valence electrons. The summed E-state index contributed by atoms with van der Waals surface area (Å²) >= 11 is 6.10. The van der Waals surface area contributed by atoms with E-state index in [0.717, 1.165) is 12.0 Å². The summed E-state index contributed by atoms with van der Waals surface area (Å²) in [6.07, 6.45) is 1.48. The number of ether oxygens (including phenoxy) is 1. The minimum Gasteiger partial charge on any atom is -0.482 e. The summed E-state index contributed by atoms with van der Waals surface area (Å²) in [6.45, 7) is 5.94. The highest BCUT2D eigenvalue weighted by molar-refractivity contribution is 6.32. The van der Waals surface area contributed by atoms with E-state index in [-0.39, 0.29) is 24.5 Å². The van der Waals surface area contributed by atoms with Crippen LogP contribution in [0.1, 0.15) is 32.8 Å². The van der Waals surface area contributed by atoms with Crippen molar-refractivity contribution >= 4 is 23.4 Å². The largest absolute Gasteiger partial charge is 0.482 e. The van der Waals surface area contributed by atoms with Crippen molar-refractivity contribution in [3.8, 4) is 5.75 Å². The number of hydrogen-bond donors (Lipinski definition) is 1. The average Bonchev–Trinajstić information content (AvgIpc) is 2.73. The van der Waals surface area contributed by atoms with Crippen LogP contribution in [0.25, 0.3) is 0 Å². The van der Waals surface area contributed by atoms with Gasteiger partial charge in [-0.1, -0.05) is 61.0 Å². The highest BCUT2D eigenvalue weighted by Crippen LogP contribution is 2.23. The molecule has 1 N–H and O–H groups in total. The van der Waals surface area contributed by atoms with E-state index in [1.807, 2.05) is 44.2 Å². The Morgan fingerprint density at radius 1 is 1.07 bits per heavy atom. The number of carbonyl (C=O) groups is 2. The lowest BCUT2D eigenvalue weighted by Gasteiger charge is -2.29. The predicted molar refractivity (Wildman–Crippen MR) is 116 cm³/mol. The van der Waals surface area contributed by atoms with Gasteiger partial charge >= 0.3 is 0 Å². The Morgan fingerprint density at radius 2 is 1.72 bits per heavy atom. The second-order valence-corrected chi connectivity index (χ2v) is 7.44. The third-order valence-electron chi connectivity index (χ3n) is 4.84. The topological polar surface area (TPSA) is 58.6 Å². The highest BCUT2D eigenvalue weighted by Gasteiger charge is 2.26. The van der Waals surface area contributed by atoms with Gasteiger partial charge in [0.1, 0.15) is 11.8 Å². The van der Waals surface area contributed by atoms with Gasteiger partial charge in [-0.2, -0.15) is 0 Å². The van der Waals surface area contributed by atoms with Gasteiger partial charge in [-0.25, -0.2) is 0 Å². The normalized spacial score (nSPS) is 12.7. The number of para-hydroxylation sites is 1. The van der Waals surface area contributed by atoms with Crippen molar-refractivity contribution in [2.24, 2.45) is 0 Å². The molecule has 0 aliphatic rings. The number of carbonyl (C=O) groups excluding carboxylic acids is 2. The molecule has 2 aromatic carbocycles. The van der Waals surface area contributed by atoms with Crippen molar-refractivity contribution in [1.29, 1.82) is 0 Å². The second-order valence-electron chi connectivity index (χ2n) is 7.04. The fourth-order valence-corrected chi connectivity index (χ4v) is 3.01. The minimum absolute atomic E-state index is 0.0513. The molecular weight excluding hydrogens is 388 g/mol. The summed E-state index contributed by atoms with van der Waals surface area (Å²) in [5.41, 5.74) is 1.10. The number of rotatable bonds is 10. The van der Waals surface area contributed by atoms with Crippen molar-refractivity contribution in [2.75, 3.05) is 13.2 Å². The van der Waals surface area contributed by atoms with E-state index in [4.69, 9.17) is 16.3 Å². The SMILES string of the molecule is CC[C@H](C)NC(=O)[C@H](C)N(CCc1ccccc1)C(=O)COc1ccccc1Cl. The van der Waals surface area contributed by atoms with Crippen LogP contribution in [0.2, 0.25) is 5.02 Å². The lowest BCUT2D eigenvalue weighted by Crippen LogP contribution is -2.51. The molecular formula is C23H29ClN2O3. The first-order valence-corrected chi connectivity index (χ1v) is 10.3. The predicted octanol–water partition coefficient (Wildman–Crippen LogP) is 4.09. The van der Waals surface area contributed by atoms with Gasteiger partial charge < -0.3 is 15.0 Å². The first kappa shape index (κ1) is 22.8. The standard InChI is InChI=1S/C23H29ClN2O3/c1-4-17(2)25-23(28)18(3)26(15-14-19-10-6-5-7-11-19)22(27)16-29-21-13-9-8-12-20(21)24/h5-13,17-18H,4,14-16H2,1-3H3,(H,25,28)/t17-,18-/m0/s1. The molecule has 0 saturated heterocycles. The molecule has 0 aromatic heterocycles. The molecule has 0 heterocycles. The third kappa shape index (κ3) is 7.09. The van der Waals surface area contributed by atoms with Gasteiger partial charge in [0.25, 0.3) is 5.91 Å². The molecule has 5 nitrogen and oxygen atoms in total. The van der Waals surface area contributed by atoms with E-state index in [2.05, 4.69) is 5.32 Å². The lowest BCUT2D eigenvalue weighted by atomic mass is 10.1. The van der Waals surface area contributed by atoms with Crippen LogP contribution in [0.4, 0.5) is 0 Å². The van der Waals surface area contributed by atoms with Crippen LogP contribution < -0.4 is 10.1 Å². The van der Waals surface area contributed by atoms with Gasteiger partial charge in [0.05, 0.1) is 5.02 Å². The molecule has 0 aliphatic heterocycles. The van der Waals surface area contributed by atoms with E-state index in [1.165, 1.54) is 0 Å². The Bertz CT molecular complexity index is 798. The van der Waals surface area contributed by atoms with Crippen LogP contribution in [0, 0.1) is 0 Å². The second kappa shape index (κ2) is 11.5. The number of halogens is 1. The van der Waals surface area contributed by atoms with Gasteiger partial charge in [-0.15, -0.1) is 0 Å². The summed E-state index contributed by atoms with van der Waals surface area (Å²) in [6, 6.07) is 16.3. The number of amides is 2. The van der Waals surface area contributed by atoms with Gasteiger partial charge in [0, 0.05) is 12.6 Å². The molecule has 0 radical (unpaired) electrons. The Kier molecular flexibility index (Phi) is 9.00. The summed E-state index contributed by atoms with van der Waals surface area (Å²) in [5.74, 6) is 0.0217. The van der Waals surface area contributed by atoms with Gasteiger partial charge in [0.15, 0.2) is 6.61 Å². The average molecular weight is 417 g/mol. The van der Waals surface area contributed by atoms with Crippen LogP contribution >= 0.6 is 11.6 Å². The smallest absolute Gasteiger partial charge is 0.261 e. The molecule has 2 atom stereocenters. The first-order valence-electron chi connectivity index (χ1n) is 9.93. The summed E-state index contributed by atoms with van der Waals surface area (Å²) in [5, 5.41) is 3.39. The molecule has 0 saturated carbocycles. The highest BCUT2D eigenvalue weighted by atomic mass is 35.5. The molecule has 0 fully saturated rings. The van der Waals surface area contributed by atoms with Crippen molar-refractivity contribution in [3.05, 3.63) is 65.2 Å². The number of nitrogens with one attached hydrogen (secondary N) is 1. The first-order chi connectivity index (χ1) is 13.9. The van der Waals surface area contributed by atoms with Crippen LogP contribution in [0.5, 0.6) is 5.75 Å². The van der Waals surface area contributed by atoms with E-state index >= 15 is 0 Å². The summed E-state index contributed by atoms with van der Waals surface area (Å²) in [4.78, 5) is 27.1. The van der Waals surface area contributed by atoms with E-state index < -0.39 is 6.04 Å². The molecule has 0 bridgehead atoms. The molecule has 29 heavy (non-hydrogen) atoms. The van der Waals surface area contributed by atoms with Gasteiger partial charge in [-0.05, 0) is 44.4 Å². The maximum Gasteiger partial charge on any atom is 0.261 e. The van der Waals surface area contributed by atoms with Crippen LogP contribution in [0.15, 0.2) is 54.6 Å². The van der Waals surface area contributed by atoms with E-state index in [0.29, 0.717) is 23.7 Å². The third-order valence-corrected chi connectivity index (χ3v) is 5.15. The lowest BCUT2D eigenvalue weighted by molar-refractivity contribution is -0.141. The van der Waals surface area contributed by atoms with Crippen molar-refractivity contribution in [3.63, 3.8) is 0 Å². The number of hydrogen-bond acceptors (Lipinski definition) is 3. The number of nitrogens with zero attached hydrogens (tertiary/aromatic N) is 1. The van der Waals surface area contributed by atoms with Crippen LogP contribution in [0.3, 0.4) is 0 Å². The zero-order chi connectivity index (χ0) is 21.2. The zero-order valence-corrected chi connectivity index (χ0v) is 18.0. The molecule has 2 rings (SSSR count). The molecule has 2 aromatic rings. The van der Waals surface area contributed by atoms with Crippen molar-refractivity contribution in [2.45, 2.75) is 45.7 Å². The van der Waals surface area contributed by atoms with Crippen molar-refractivity contribution < 1.29 is 14.3 Å². The molecule has 2 amide bonds. The fraction of sp³-hybridized carbons (Fsp3) is 0.391. The van der Waals surface area contributed by atoms with Gasteiger partial charge in [-0.3, -0.25) is 9.59 Å². The molecule has 0 aliphatic carbocycles.